The van der Waals surface area contributed by atoms with E-state index in [9.17, 15) is 9.59 Å². The van der Waals surface area contributed by atoms with Gasteiger partial charge in [0.2, 0.25) is 5.91 Å². The van der Waals surface area contributed by atoms with Crippen molar-refractivity contribution in [1.29, 1.82) is 0 Å². The van der Waals surface area contributed by atoms with Crippen LogP contribution in [0.4, 0.5) is 4.79 Å². The maximum Gasteiger partial charge on any atom is 0.411 e. The number of hydrogen-bond donors (Lipinski definition) is 0. The van der Waals surface area contributed by atoms with E-state index in [4.69, 9.17) is 13.9 Å². The number of ether oxygens (including phenoxy) is 2. The summed E-state index contributed by atoms with van der Waals surface area (Å²) in [5, 5.41) is 0. The number of nitrogens with zero attached hydrogens (tertiary/aromatic N) is 3. The van der Waals surface area contributed by atoms with E-state index < -0.39 is 17.7 Å². The summed E-state index contributed by atoms with van der Waals surface area (Å²) in [5.74, 6) is 0.591. The van der Waals surface area contributed by atoms with Gasteiger partial charge < -0.3 is 18.8 Å². The van der Waals surface area contributed by atoms with E-state index in [2.05, 4.69) is 4.98 Å². The zero-order valence-corrected chi connectivity index (χ0v) is 17.8. The van der Waals surface area contributed by atoms with Gasteiger partial charge in [-0.05, 0) is 45.7 Å². The third kappa shape index (κ3) is 4.43. The fourth-order valence-corrected chi connectivity index (χ4v) is 4.00. The third-order valence-electron chi connectivity index (χ3n) is 5.43. The van der Waals surface area contributed by atoms with Crippen molar-refractivity contribution >= 4 is 23.1 Å². The van der Waals surface area contributed by atoms with Gasteiger partial charge in [0.1, 0.15) is 17.2 Å². The standard InChI is InChI=1S/C22H29N3O5/c1-22(2,3)30-21(27)25-11-12-28-14-17(25)20(26)24-10-6-7-15(13-24)19-23-16-8-4-5-9-18(16)29-19/h4-5,8-9,15,17H,6-7,10-14H2,1-3H3/t15-,17-/m1/s1. The van der Waals surface area contributed by atoms with Gasteiger partial charge in [-0.15, -0.1) is 0 Å². The molecule has 162 valence electrons. The number of likely N-dealkylation sites (tertiary alicyclic amines) is 1. The van der Waals surface area contributed by atoms with Crippen LogP contribution in [0.2, 0.25) is 0 Å². The van der Waals surface area contributed by atoms with Crippen LogP contribution < -0.4 is 0 Å². The summed E-state index contributed by atoms with van der Waals surface area (Å²) in [6, 6.07) is 7.00. The van der Waals surface area contributed by atoms with Gasteiger partial charge in [0.25, 0.3) is 0 Å². The number of hydrogen-bond acceptors (Lipinski definition) is 6. The largest absolute Gasteiger partial charge is 0.444 e. The van der Waals surface area contributed by atoms with Gasteiger partial charge in [0.15, 0.2) is 11.5 Å². The van der Waals surface area contributed by atoms with Crippen LogP contribution in [0, 0.1) is 0 Å². The Morgan fingerprint density at radius 2 is 2.00 bits per heavy atom. The molecule has 0 unspecified atom stereocenters. The first-order chi connectivity index (χ1) is 14.3. The Hall–Kier alpha value is -2.61. The van der Waals surface area contributed by atoms with E-state index in [1.165, 1.54) is 4.90 Å². The highest BCUT2D eigenvalue weighted by Crippen LogP contribution is 2.30. The summed E-state index contributed by atoms with van der Waals surface area (Å²) in [5.41, 5.74) is 0.965. The average molecular weight is 415 g/mol. The lowest BCUT2D eigenvalue weighted by Gasteiger charge is -2.40. The van der Waals surface area contributed by atoms with Crippen LogP contribution in [0.15, 0.2) is 28.7 Å². The molecule has 8 nitrogen and oxygen atoms in total. The van der Waals surface area contributed by atoms with Crippen molar-refractivity contribution in [2.45, 2.75) is 51.2 Å². The van der Waals surface area contributed by atoms with E-state index >= 15 is 0 Å². The van der Waals surface area contributed by atoms with E-state index in [-0.39, 0.29) is 18.4 Å². The molecule has 0 saturated carbocycles. The summed E-state index contributed by atoms with van der Waals surface area (Å²) in [7, 11) is 0. The molecule has 3 heterocycles. The summed E-state index contributed by atoms with van der Waals surface area (Å²) in [4.78, 5) is 33.9. The van der Waals surface area contributed by atoms with Crippen molar-refractivity contribution in [3.05, 3.63) is 30.2 Å². The quantitative estimate of drug-likeness (QED) is 0.749. The lowest BCUT2D eigenvalue weighted by Crippen LogP contribution is -2.58. The van der Waals surface area contributed by atoms with Crippen molar-refractivity contribution in [3.63, 3.8) is 0 Å². The fourth-order valence-electron chi connectivity index (χ4n) is 4.00. The van der Waals surface area contributed by atoms with Crippen molar-refractivity contribution in [2.75, 3.05) is 32.8 Å². The molecule has 2 fully saturated rings. The minimum absolute atomic E-state index is 0.0367. The third-order valence-corrected chi connectivity index (χ3v) is 5.43. The molecule has 2 atom stereocenters. The maximum atomic E-state index is 13.3. The highest BCUT2D eigenvalue weighted by atomic mass is 16.6. The number of piperidine rings is 1. The first-order valence-electron chi connectivity index (χ1n) is 10.5. The Labute approximate surface area is 176 Å². The number of morpholine rings is 1. The molecule has 0 N–H and O–H groups in total. The monoisotopic (exact) mass is 415 g/mol. The van der Waals surface area contributed by atoms with Crippen LogP contribution in [0.1, 0.15) is 45.4 Å². The smallest absolute Gasteiger partial charge is 0.411 e. The first kappa shape index (κ1) is 20.7. The van der Waals surface area contributed by atoms with Crippen LogP contribution >= 0.6 is 0 Å². The number of carbonyl (C=O) groups is 2. The molecule has 0 spiro atoms. The molecular formula is C22H29N3O5. The number of carbonyl (C=O) groups excluding carboxylic acids is 2. The molecule has 2 amide bonds. The molecule has 0 aliphatic carbocycles. The summed E-state index contributed by atoms with van der Waals surface area (Å²) < 4.78 is 17.0. The van der Waals surface area contributed by atoms with Crippen LogP contribution in [-0.2, 0) is 14.3 Å². The molecule has 2 aliphatic rings. The second-order valence-electron chi connectivity index (χ2n) is 8.91. The molecule has 2 aliphatic heterocycles. The highest BCUT2D eigenvalue weighted by molar-refractivity contribution is 5.86. The average Bonchev–Trinajstić information content (AvgIpc) is 3.16. The van der Waals surface area contributed by atoms with E-state index in [0.717, 1.165) is 23.9 Å². The van der Waals surface area contributed by atoms with Gasteiger partial charge in [-0.25, -0.2) is 9.78 Å². The highest BCUT2D eigenvalue weighted by Gasteiger charge is 2.39. The Morgan fingerprint density at radius 1 is 1.20 bits per heavy atom. The van der Waals surface area contributed by atoms with Gasteiger partial charge >= 0.3 is 6.09 Å². The fraction of sp³-hybridized carbons (Fsp3) is 0.591. The summed E-state index contributed by atoms with van der Waals surface area (Å²) in [6.07, 6.45) is 1.29. The normalized spacial score (nSPS) is 22.9. The first-order valence-corrected chi connectivity index (χ1v) is 10.5. The van der Waals surface area contributed by atoms with Crippen LogP contribution in [0.25, 0.3) is 11.1 Å². The SMILES string of the molecule is CC(C)(C)OC(=O)N1CCOC[C@@H]1C(=O)N1CCC[C@@H](c2nc3ccccc3o2)C1. The summed E-state index contributed by atoms with van der Waals surface area (Å²) in [6.45, 7) is 7.54. The molecule has 2 aromatic rings. The number of fused-ring (bicyclic) bond motifs is 1. The number of benzene rings is 1. The number of oxazole rings is 1. The van der Waals surface area contributed by atoms with Gasteiger partial charge in [-0.1, -0.05) is 12.1 Å². The van der Waals surface area contributed by atoms with Crippen molar-refractivity contribution in [2.24, 2.45) is 0 Å². The summed E-state index contributed by atoms with van der Waals surface area (Å²) >= 11 is 0. The van der Waals surface area contributed by atoms with E-state index in [0.29, 0.717) is 32.1 Å². The second-order valence-corrected chi connectivity index (χ2v) is 8.91. The lowest BCUT2D eigenvalue weighted by atomic mass is 9.97. The minimum atomic E-state index is -0.670. The number of rotatable bonds is 2. The predicted octanol–water partition coefficient (Wildman–Crippen LogP) is 3.17. The molecule has 1 aromatic carbocycles. The van der Waals surface area contributed by atoms with Gasteiger partial charge in [0, 0.05) is 19.6 Å². The van der Waals surface area contributed by atoms with Crippen LogP contribution in [-0.4, -0.2) is 71.3 Å². The maximum absolute atomic E-state index is 13.3. The molecule has 8 heteroatoms. The Balaban J connectivity index is 1.47. The molecule has 4 rings (SSSR count). The Morgan fingerprint density at radius 3 is 2.77 bits per heavy atom. The van der Waals surface area contributed by atoms with Crippen molar-refractivity contribution in [1.82, 2.24) is 14.8 Å². The van der Waals surface area contributed by atoms with E-state index in [1.807, 2.05) is 45.0 Å². The zero-order valence-electron chi connectivity index (χ0n) is 17.8. The Kier molecular flexibility index (Phi) is 5.69. The number of amides is 2. The predicted molar refractivity (Wildman–Crippen MR) is 110 cm³/mol. The lowest BCUT2D eigenvalue weighted by molar-refractivity contribution is -0.144. The van der Waals surface area contributed by atoms with Gasteiger partial charge in [-0.2, -0.15) is 0 Å². The van der Waals surface area contributed by atoms with Gasteiger partial charge in [0.05, 0.1) is 19.1 Å². The molecule has 30 heavy (non-hydrogen) atoms. The second kappa shape index (κ2) is 8.26. The van der Waals surface area contributed by atoms with Gasteiger partial charge in [-0.3, -0.25) is 9.69 Å². The number of aromatic nitrogens is 1. The molecule has 0 bridgehead atoms. The minimum Gasteiger partial charge on any atom is -0.444 e. The molecular weight excluding hydrogens is 386 g/mol. The Bertz CT molecular complexity index is 886. The molecule has 2 saturated heterocycles. The van der Waals surface area contributed by atoms with Crippen LogP contribution in [0.3, 0.4) is 0 Å². The van der Waals surface area contributed by atoms with Crippen molar-refractivity contribution < 1.29 is 23.5 Å². The van der Waals surface area contributed by atoms with Crippen LogP contribution in [0.5, 0.6) is 0 Å². The molecule has 0 radical (unpaired) electrons. The molecule has 1 aromatic heterocycles. The topological polar surface area (TPSA) is 85.1 Å². The number of para-hydroxylation sites is 2. The van der Waals surface area contributed by atoms with E-state index in [1.54, 1.807) is 4.90 Å². The zero-order chi connectivity index (χ0) is 21.3. The van der Waals surface area contributed by atoms with Crippen molar-refractivity contribution in [3.8, 4) is 0 Å².